The van der Waals surface area contributed by atoms with Gasteiger partial charge in [0.1, 0.15) is 0 Å². The van der Waals surface area contributed by atoms with Gasteiger partial charge in [0.25, 0.3) is 0 Å². The van der Waals surface area contributed by atoms with Crippen LogP contribution in [-0.2, 0) is 0 Å². The molecule has 0 aromatic carbocycles. The van der Waals surface area contributed by atoms with Gasteiger partial charge in [-0.05, 0) is 65.6 Å². The largest absolute Gasteiger partial charge is 0.317 e. The van der Waals surface area contributed by atoms with Crippen molar-refractivity contribution in [3.63, 3.8) is 0 Å². The van der Waals surface area contributed by atoms with Gasteiger partial charge in [-0.1, -0.05) is 6.42 Å². The molecule has 19 heavy (non-hydrogen) atoms. The Labute approximate surface area is 118 Å². The van der Waals surface area contributed by atoms with Crippen LogP contribution in [0.2, 0.25) is 0 Å². The maximum absolute atomic E-state index is 3.51. The van der Waals surface area contributed by atoms with Crippen molar-refractivity contribution < 1.29 is 0 Å². The summed E-state index contributed by atoms with van der Waals surface area (Å²) in [4.78, 5) is 5.58. The molecule has 3 fully saturated rings. The van der Waals surface area contributed by atoms with Gasteiger partial charge >= 0.3 is 0 Å². The van der Waals surface area contributed by atoms with Crippen LogP contribution in [0.3, 0.4) is 0 Å². The number of rotatable bonds is 4. The van der Waals surface area contributed by atoms with Gasteiger partial charge in [0.15, 0.2) is 0 Å². The first kappa shape index (κ1) is 13.8. The van der Waals surface area contributed by atoms with E-state index < -0.39 is 0 Å². The summed E-state index contributed by atoms with van der Waals surface area (Å²) < 4.78 is 0. The Bertz CT molecular complexity index is 274. The summed E-state index contributed by atoms with van der Waals surface area (Å²) in [5, 5.41) is 3.51. The van der Waals surface area contributed by atoms with Gasteiger partial charge < -0.3 is 10.2 Å². The number of fused-ring (bicyclic) bond motifs is 2. The molecule has 3 aliphatic rings. The van der Waals surface area contributed by atoms with E-state index in [0.717, 1.165) is 24.2 Å². The SMILES string of the molecule is CNC1CC2CCC(C1)N2C(C)CN1CCCCC1. The number of hydrogen-bond acceptors (Lipinski definition) is 3. The average Bonchev–Trinajstić information content (AvgIpc) is 2.71. The van der Waals surface area contributed by atoms with Crippen molar-refractivity contribution in [1.29, 1.82) is 0 Å². The van der Waals surface area contributed by atoms with Crippen molar-refractivity contribution in [2.24, 2.45) is 0 Å². The van der Waals surface area contributed by atoms with E-state index in [9.17, 15) is 0 Å². The van der Waals surface area contributed by atoms with Gasteiger partial charge in [-0.3, -0.25) is 4.90 Å². The van der Waals surface area contributed by atoms with Crippen molar-refractivity contribution in [1.82, 2.24) is 15.1 Å². The lowest BCUT2D eigenvalue weighted by Crippen LogP contribution is -2.54. The lowest BCUT2D eigenvalue weighted by Gasteiger charge is -2.44. The first-order chi connectivity index (χ1) is 9.28. The molecule has 3 unspecified atom stereocenters. The van der Waals surface area contributed by atoms with Crippen LogP contribution in [-0.4, -0.2) is 60.6 Å². The molecule has 0 aromatic rings. The molecule has 3 heteroatoms. The summed E-state index contributed by atoms with van der Waals surface area (Å²) in [5.74, 6) is 0. The Kier molecular flexibility index (Phi) is 4.45. The summed E-state index contributed by atoms with van der Waals surface area (Å²) in [5.41, 5.74) is 0. The molecule has 0 aromatic heterocycles. The van der Waals surface area contributed by atoms with Crippen molar-refractivity contribution >= 4 is 0 Å². The molecule has 0 aliphatic carbocycles. The number of nitrogens with zero attached hydrogens (tertiary/aromatic N) is 2. The van der Waals surface area contributed by atoms with E-state index in [0.29, 0.717) is 0 Å². The molecule has 3 saturated heterocycles. The zero-order valence-corrected chi connectivity index (χ0v) is 12.8. The minimum Gasteiger partial charge on any atom is -0.317 e. The van der Waals surface area contributed by atoms with Gasteiger partial charge in [0.2, 0.25) is 0 Å². The fourth-order valence-corrected chi connectivity index (χ4v) is 4.78. The third-order valence-electron chi connectivity index (χ3n) is 5.68. The highest BCUT2D eigenvalue weighted by molar-refractivity contribution is 4.99. The monoisotopic (exact) mass is 265 g/mol. The lowest BCUT2D eigenvalue weighted by molar-refractivity contribution is 0.0542. The topological polar surface area (TPSA) is 18.5 Å². The third-order valence-corrected chi connectivity index (χ3v) is 5.68. The summed E-state index contributed by atoms with van der Waals surface area (Å²) in [6, 6.07) is 3.25. The molecule has 110 valence electrons. The summed E-state index contributed by atoms with van der Waals surface area (Å²) in [6.45, 7) is 6.45. The molecule has 3 heterocycles. The normalized spacial score (nSPS) is 38.5. The second-order valence-corrected chi connectivity index (χ2v) is 7.00. The molecule has 0 saturated carbocycles. The smallest absolute Gasteiger partial charge is 0.0200 e. The summed E-state index contributed by atoms with van der Waals surface area (Å²) in [7, 11) is 2.14. The Morgan fingerprint density at radius 2 is 1.68 bits per heavy atom. The number of likely N-dealkylation sites (tertiary alicyclic amines) is 1. The molecular weight excluding hydrogens is 234 g/mol. The maximum Gasteiger partial charge on any atom is 0.0200 e. The fourth-order valence-electron chi connectivity index (χ4n) is 4.78. The van der Waals surface area contributed by atoms with E-state index in [2.05, 4.69) is 29.1 Å². The fraction of sp³-hybridized carbons (Fsp3) is 1.00. The summed E-state index contributed by atoms with van der Waals surface area (Å²) in [6.07, 6.45) is 9.90. The zero-order chi connectivity index (χ0) is 13.2. The average molecular weight is 265 g/mol. The van der Waals surface area contributed by atoms with Crippen LogP contribution in [0.1, 0.15) is 51.9 Å². The molecule has 3 rings (SSSR count). The Balaban J connectivity index is 1.56. The van der Waals surface area contributed by atoms with Crippen molar-refractivity contribution in [2.75, 3.05) is 26.7 Å². The number of hydrogen-bond donors (Lipinski definition) is 1. The Morgan fingerprint density at radius 3 is 2.26 bits per heavy atom. The zero-order valence-electron chi connectivity index (χ0n) is 12.8. The lowest BCUT2D eigenvalue weighted by atomic mass is 9.95. The van der Waals surface area contributed by atoms with E-state index in [1.807, 2.05) is 0 Å². The molecule has 1 N–H and O–H groups in total. The van der Waals surface area contributed by atoms with Gasteiger partial charge in [0.05, 0.1) is 0 Å². The molecule has 2 bridgehead atoms. The van der Waals surface area contributed by atoms with Crippen LogP contribution in [0.5, 0.6) is 0 Å². The van der Waals surface area contributed by atoms with E-state index in [4.69, 9.17) is 0 Å². The van der Waals surface area contributed by atoms with E-state index in [-0.39, 0.29) is 0 Å². The van der Waals surface area contributed by atoms with E-state index in [1.54, 1.807) is 0 Å². The Hall–Kier alpha value is -0.120. The summed E-state index contributed by atoms with van der Waals surface area (Å²) >= 11 is 0. The molecule has 3 nitrogen and oxygen atoms in total. The van der Waals surface area contributed by atoms with Crippen LogP contribution in [0.25, 0.3) is 0 Å². The quantitative estimate of drug-likeness (QED) is 0.839. The van der Waals surface area contributed by atoms with E-state index in [1.165, 1.54) is 64.6 Å². The standard InChI is InChI=1S/C16H31N3/c1-13(12-18-8-4-3-5-9-18)19-15-6-7-16(19)11-14(10-15)17-2/h13-17H,3-12H2,1-2H3. The molecule has 3 aliphatic heterocycles. The van der Waals surface area contributed by atoms with Gasteiger partial charge in [-0.2, -0.15) is 0 Å². The second-order valence-electron chi connectivity index (χ2n) is 7.00. The highest BCUT2D eigenvalue weighted by atomic mass is 15.3. The minimum absolute atomic E-state index is 0.758. The van der Waals surface area contributed by atoms with Crippen molar-refractivity contribution in [3.05, 3.63) is 0 Å². The molecule has 0 amide bonds. The molecule has 0 spiro atoms. The first-order valence-electron chi connectivity index (χ1n) is 8.45. The highest BCUT2D eigenvalue weighted by Crippen LogP contribution is 2.37. The molecule has 0 radical (unpaired) electrons. The van der Waals surface area contributed by atoms with Crippen LogP contribution < -0.4 is 5.32 Å². The van der Waals surface area contributed by atoms with Crippen LogP contribution in [0.15, 0.2) is 0 Å². The van der Waals surface area contributed by atoms with Gasteiger partial charge in [0, 0.05) is 30.7 Å². The van der Waals surface area contributed by atoms with Crippen LogP contribution in [0, 0.1) is 0 Å². The van der Waals surface area contributed by atoms with Crippen LogP contribution >= 0.6 is 0 Å². The number of nitrogens with one attached hydrogen (secondary N) is 1. The van der Waals surface area contributed by atoms with Crippen molar-refractivity contribution in [2.45, 2.75) is 76.0 Å². The third kappa shape index (κ3) is 2.98. The highest BCUT2D eigenvalue weighted by Gasteiger charge is 2.42. The predicted molar refractivity (Wildman–Crippen MR) is 80.5 cm³/mol. The van der Waals surface area contributed by atoms with E-state index >= 15 is 0 Å². The molecule has 3 atom stereocenters. The van der Waals surface area contributed by atoms with Gasteiger partial charge in [-0.25, -0.2) is 0 Å². The van der Waals surface area contributed by atoms with Crippen molar-refractivity contribution in [3.8, 4) is 0 Å². The second kappa shape index (κ2) is 6.11. The minimum atomic E-state index is 0.758. The number of piperidine rings is 2. The first-order valence-corrected chi connectivity index (χ1v) is 8.45. The Morgan fingerprint density at radius 1 is 1.05 bits per heavy atom. The predicted octanol–water partition coefficient (Wildman–Crippen LogP) is 2.08. The maximum atomic E-state index is 3.51. The molecular formula is C16H31N3. The van der Waals surface area contributed by atoms with Crippen LogP contribution in [0.4, 0.5) is 0 Å². The van der Waals surface area contributed by atoms with Gasteiger partial charge in [-0.15, -0.1) is 0 Å².